The van der Waals surface area contributed by atoms with Crippen molar-refractivity contribution in [1.82, 2.24) is 5.32 Å². The predicted molar refractivity (Wildman–Crippen MR) is 78.3 cm³/mol. The second-order valence-electron chi connectivity index (χ2n) is 5.24. The van der Waals surface area contributed by atoms with Gasteiger partial charge in [-0.05, 0) is 49.6 Å². The van der Waals surface area contributed by atoms with Gasteiger partial charge in [0.1, 0.15) is 0 Å². The predicted octanol–water partition coefficient (Wildman–Crippen LogP) is 2.35. The van der Waals surface area contributed by atoms with Crippen LogP contribution in [-0.4, -0.2) is 23.7 Å². The summed E-state index contributed by atoms with van der Waals surface area (Å²) in [5.41, 5.74) is 0.920. The summed E-state index contributed by atoms with van der Waals surface area (Å²) in [6.45, 7) is 3.32. The zero-order valence-corrected chi connectivity index (χ0v) is 12.1. The summed E-state index contributed by atoms with van der Waals surface area (Å²) in [5.74, 6) is 0.647. The lowest BCUT2D eigenvalue weighted by Gasteiger charge is -2.25. The fraction of sp³-hybridized carbons (Fsp3) is 0.643. The van der Waals surface area contributed by atoms with Crippen LogP contribution < -0.4 is 10.6 Å². The van der Waals surface area contributed by atoms with Gasteiger partial charge in [0.25, 0.3) is 0 Å². The SMILES string of the molecule is CC(=O)Nc1ccsc1CNCC1CCC(O)CC1. The summed E-state index contributed by atoms with van der Waals surface area (Å²) in [4.78, 5) is 12.2. The molecule has 5 heteroatoms. The highest BCUT2D eigenvalue weighted by Crippen LogP contribution is 2.25. The first kappa shape index (κ1) is 14.5. The van der Waals surface area contributed by atoms with Gasteiger partial charge in [-0.2, -0.15) is 0 Å². The number of amides is 1. The highest BCUT2D eigenvalue weighted by atomic mass is 32.1. The summed E-state index contributed by atoms with van der Waals surface area (Å²) in [7, 11) is 0. The molecule has 0 aliphatic heterocycles. The van der Waals surface area contributed by atoms with E-state index in [0.717, 1.165) is 44.5 Å². The molecule has 0 bridgehead atoms. The van der Waals surface area contributed by atoms with Crippen molar-refractivity contribution < 1.29 is 9.90 Å². The Hall–Kier alpha value is -0.910. The van der Waals surface area contributed by atoms with Crippen LogP contribution in [0.5, 0.6) is 0 Å². The maximum absolute atomic E-state index is 11.1. The number of rotatable bonds is 5. The van der Waals surface area contributed by atoms with Gasteiger partial charge in [-0.3, -0.25) is 4.79 Å². The smallest absolute Gasteiger partial charge is 0.221 e. The van der Waals surface area contributed by atoms with E-state index in [2.05, 4.69) is 10.6 Å². The van der Waals surface area contributed by atoms with Gasteiger partial charge in [0.05, 0.1) is 11.8 Å². The fourth-order valence-corrected chi connectivity index (χ4v) is 3.32. The number of aliphatic hydroxyl groups excluding tert-OH is 1. The Balaban J connectivity index is 1.73. The lowest BCUT2D eigenvalue weighted by Crippen LogP contribution is -2.27. The van der Waals surface area contributed by atoms with Crippen LogP contribution >= 0.6 is 11.3 Å². The van der Waals surface area contributed by atoms with E-state index in [0.29, 0.717) is 5.92 Å². The van der Waals surface area contributed by atoms with Crippen molar-refractivity contribution in [2.45, 2.75) is 45.3 Å². The van der Waals surface area contributed by atoms with Gasteiger partial charge >= 0.3 is 0 Å². The molecule has 1 aliphatic carbocycles. The molecule has 0 aromatic carbocycles. The van der Waals surface area contributed by atoms with Crippen LogP contribution in [0, 0.1) is 5.92 Å². The Morgan fingerprint density at radius 3 is 2.84 bits per heavy atom. The van der Waals surface area contributed by atoms with Crippen LogP contribution in [0.1, 0.15) is 37.5 Å². The van der Waals surface area contributed by atoms with E-state index in [-0.39, 0.29) is 12.0 Å². The minimum absolute atomic E-state index is 0.0269. The molecule has 1 aromatic rings. The Labute approximate surface area is 118 Å². The molecular formula is C14H22N2O2S. The molecular weight excluding hydrogens is 260 g/mol. The van der Waals surface area contributed by atoms with Crippen LogP contribution in [0.15, 0.2) is 11.4 Å². The number of carbonyl (C=O) groups is 1. The third kappa shape index (κ3) is 4.60. The van der Waals surface area contributed by atoms with Gasteiger partial charge < -0.3 is 15.7 Å². The molecule has 0 saturated heterocycles. The van der Waals surface area contributed by atoms with E-state index in [1.165, 1.54) is 11.8 Å². The summed E-state index contributed by atoms with van der Waals surface area (Å²) < 4.78 is 0. The molecule has 0 spiro atoms. The first-order valence-corrected chi connectivity index (χ1v) is 7.76. The number of thiophene rings is 1. The highest BCUT2D eigenvalue weighted by Gasteiger charge is 2.18. The second kappa shape index (κ2) is 7.03. The topological polar surface area (TPSA) is 61.4 Å². The van der Waals surface area contributed by atoms with E-state index in [1.807, 2.05) is 11.4 Å². The second-order valence-corrected chi connectivity index (χ2v) is 6.24. The molecule has 0 radical (unpaired) electrons. The number of hydrogen-bond donors (Lipinski definition) is 3. The molecule has 0 atom stereocenters. The molecule has 2 rings (SSSR count). The average Bonchev–Trinajstić information content (AvgIpc) is 2.78. The standard InChI is InChI=1S/C14H22N2O2S/c1-10(17)16-13-6-7-19-14(13)9-15-8-11-2-4-12(18)5-3-11/h6-7,11-12,15,18H,2-5,8-9H2,1H3,(H,16,17). The lowest BCUT2D eigenvalue weighted by atomic mass is 9.87. The Bertz CT molecular complexity index is 411. The third-order valence-corrected chi connectivity index (χ3v) is 4.51. The van der Waals surface area contributed by atoms with Crippen LogP contribution in [0.2, 0.25) is 0 Å². The minimum atomic E-state index is -0.0834. The van der Waals surface area contributed by atoms with Gasteiger partial charge in [0.2, 0.25) is 5.91 Å². The average molecular weight is 282 g/mol. The number of hydrogen-bond acceptors (Lipinski definition) is 4. The Morgan fingerprint density at radius 1 is 1.42 bits per heavy atom. The van der Waals surface area contributed by atoms with Crippen molar-refractivity contribution >= 4 is 22.9 Å². The molecule has 4 nitrogen and oxygen atoms in total. The molecule has 1 saturated carbocycles. The maximum Gasteiger partial charge on any atom is 0.221 e. The van der Waals surface area contributed by atoms with Crippen LogP contribution in [0.4, 0.5) is 5.69 Å². The summed E-state index contributed by atoms with van der Waals surface area (Å²) in [6, 6.07) is 1.94. The molecule has 1 aliphatic rings. The van der Waals surface area contributed by atoms with E-state index in [9.17, 15) is 9.90 Å². The highest BCUT2D eigenvalue weighted by molar-refractivity contribution is 7.10. The van der Waals surface area contributed by atoms with Gasteiger partial charge in [-0.25, -0.2) is 0 Å². The van der Waals surface area contributed by atoms with Crippen LogP contribution in [0.3, 0.4) is 0 Å². The lowest BCUT2D eigenvalue weighted by molar-refractivity contribution is -0.114. The molecule has 106 valence electrons. The van der Waals surface area contributed by atoms with E-state index < -0.39 is 0 Å². The quantitative estimate of drug-likeness (QED) is 0.777. The van der Waals surface area contributed by atoms with Crippen molar-refractivity contribution in [3.8, 4) is 0 Å². The summed E-state index contributed by atoms with van der Waals surface area (Å²) >= 11 is 1.66. The van der Waals surface area contributed by atoms with E-state index in [1.54, 1.807) is 11.3 Å². The normalized spacial score (nSPS) is 23.3. The van der Waals surface area contributed by atoms with Gasteiger partial charge in [0.15, 0.2) is 0 Å². The molecule has 19 heavy (non-hydrogen) atoms. The van der Waals surface area contributed by atoms with Gasteiger partial charge in [-0.1, -0.05) is 0 Å². The molecule has 1 heterocycles. The summed E-state index contributed by atoms with van der Waals surface area (Å²) in [6.07, 6.45) is 4.00. The zero-order chi connectivity index (χ0) is 13.7. The summed E-state index contributed by atoms with van der Waals surface area (Å²) in [5, 5.41) is 17.8. The first-order chi connectivity index (χ1) is 9.15. The third-order valence-electron chi connectivity index (χ3n) is 3.59. The number of anilines is 1. The number of aliphatic hydroxyl groups is 1. The van der Waals surface area contributed by atoms with Crippen molar-refractivity contribution in [1.29, 1.82) is 0 Å². The molecule has 1 aromatic heterocycles. The van der Waals surface area contributed by atoms with E-state index >= 15 is 0 Å². The van der Waals surface area contributed by atoms with Crippen molar-refractivity contribution in [3.63, 3.8) is 0 Å². The van der Waals surface area contributed by atoms with Crippen LogP contribution in [0.25, 0.3) is 0 Å². The number of carbonyl (C=O) groups excluding carboxylic acids is 1. The zero-order valence-electron chi connectivity index (χ0n) is 11.3. The van der Waals surface area contributed by atoms with Crippen molar-refractivity contribution in [2.24, 2.45) is 5.92 Å². The first-order valence-electron chi connectivity index (χ1n) is 6.88. The molecule has 0 unspecified atom stereocenters. The number of nitrogens with one attached hydrogen (secondary N) is 2. The Morgan fingerprint density at radius 2 is 2.16 bits per heavy atom. The largest absolute Gasteiger partial charge is 0.393 e. The van der Waals surface area contributed by atoms with Crippen molar-refractivity contribution in [3.05, 3.63) is 16.3 Å². The van der Waals surface area contributed by atoms with Crippen molar-refractivity contribution in [2.75, 3.05) is 11.9 Å². The Kier molecular flexibility index (Phi) is 5.36. The van der Waals surface area contributed by atoms with E-state index in [4.69, 9.17) is 0 Å². The fourth-order valence-electron chi connectivity index (χ4n) is 2.52. The van der Waals surface area contributed by atoms with Crippen LogP contribution in [-0.2, 0) is 11.3 Å². The monoisotopic (exact) mass is 282 g/mol. The van der Waals surface area contributed by atoms with Gasteiger partial charge in [0, 0.05) is 18.3 Å². The maximum atomic E-state index is 11.1. The molecule has 3 N–H and O–H groups in total. The minimum Gasteiger partial charge on any atom is -0.393 e. The molecule has 1 amide bonds. The van der Waals surface area contributed by atoms with Gasteiger partial charge in [-0.15, -0.1) is 11.3 Å². The molecule has 1 fully saturated rings.